The monoisotopic (exact) mass is 520 g/mol. The van der Waals surface area contributed by atoms with Crippen LogP contribution in [0, 0.1) is 0 Å². The SMILES string of the molecule is O=P(O)(O)/C(CCCCCCCCCCCCCCCC/C(=N/O)P(=O)(O)O)=N\O.[H-].[H-].[Na+].[Na+]. The summed E-state index contributed by atoms with van der Waals surface area (Å²) in [5, 5.41) is 22.6. The molecule has 0 atom stereocenters. The summed E-state index contributed by atoms with van der Waals surface area (Å²) >= 11 is 0. The molecule has 0 heterocycles. The molecule has 6 N–H and O–H groups in total. The molecule has 14 heteroatoms. The van der Waals surface area contributed by atoms with Gasteiger partial charge < -0.3 is 32.8 Å². The smallest absolute Gasteiger partial charge is 1.00 e. The fraction of sp³-hybridized carbons (Fsp3) is 0.889. The van der Waals surface area contributed by atoms with Gasteiger partial charge in [-0.1, -0.05) is 87.4 Å². The topological polar surface area (TPSA) is 180 Å². The van der Waals surface area contributed by atoms with E-state index in [0.717, 1.165) is 51.4 Å². The van der Waals surface area contributed by atoms with Crippen LogP contribution in [0.25, 0.3) is 0 Å². The van der Waals surface area contributed by atoms with Crippen LogP contribution in [0.4, 0.5) is 0 Å². The van der Waals surface area contributed by atoms with Crippen molar-refractivity contribution in [3.63, 3.8) is 0 Å². The molecule has 0 radical (unpaired) electrons. The van der Waals surface area contributed by atoms with E-state index in [1.165, 1.54) is 25.7 Å². The van der Waals surface area contributed by atoms with Gasteiger partial charge >= 0.3 is 74.3 Å². The minimum atomic E-state index is -4.42. The summed E-state index contributed by atoms with van der Waals surface area (Å²) in [6.07, 6.45) is 14.4. The normalized spacial score (nSPS) is 12.9. The standard InChI is InChI=1S/C18H38N2O8P2.2Na.2H/c21-19-17(29(23,24)25)15-13-11-9-7-5-3-1-2-4-6-8-10-12-14-16-18(20-22)30(26,27)28;;;;/h21-22H,1-16H2,(H2,23,24,25)(H2,26,27,28);;;;/q;2*+1;2*-1/b19-17-,20-18-;;;;. The fourth-order valence-corrected chi connectivity index (χ4v) is 4.33. The Balaban J connectivity index is -0.000000701. The molecule has 0 rings (SSSR count). The minimum absolute atomic E-state index is 0. The fourth-order valence-electron chi connectivity index (χ4n) is 3.20. The van der Waals surface area contributed by atoms with Gasteiger partial charge in [0.15, 0.2) is 10.9 Å². The Morgan fingerprint density at radius 2 is 0.688 bits per heavy atom. The summed E-state index contributed by atoms with van der Waals surface area (Å²) in [6.45, 7) is 0. The van der Waals surface area contributed by atoms with Crippen LogP contribution in [-0.4, -0.2) is 40.9 Å². The molecule has 0 spiro atoms. The van der Waals surface area contributed by atoms with Crippen LogP contribution in [0.15, 0.2) is 10.3 Å². The second-order valence-corrected chi connectivity index (χ2v) is 10.8. The Bertz CT molecular complexity index is 571. The first-order valence-electron chi connectivity index (χ1n) is 10.7. The third-order valence-electron chi connectivity index (χ3n) is 4.95. The van der Waals surface area contributed by atoms with Crippen molar-refractivity contribution in [2.45, 2.75) is 103 Å². The van der Waals surface area contributed by atoms with Gasteiger partial charge in [0.1, 0.15) is 0 Å². The van der Waals surface area contributed by atoms with E-state index >= 15 is 0 Å². The molecule has 0 bridgehead atoms. The van der Waals surface area contributed by atoms with E-state index < -0.39 is 26.1 Å². The van der Waals surface area contributed by atoms with Crippen LogP contribution in [0.1, 0.15) is 106 Å². The number of hydrogen-bond acceptors (Lipinski definition) is 6. The Morgan fingerprint density at radius 3 is 0.844 bits per heavy atom. The molecule has 32 heavy (non-hydrogen) atoms. The molecule has 0 aliphatic heterocycles. The predicted octanol–water partition coefficient (Wildman–Crippen LogP) is -0.608. The molecule has 0 aromatic rings. The molecule has 0 aliphatic rings. The van der Waals surface area contributed by atoms with E-state index in [1.54, 1.807) is 0 Å². The number of unbranched alkanes of at least 4 members (excludes halogenated alkanes) is 13. The van der Waals surface area contributed by atoms with Gasteiger partial charge in [-0.3, -0.25) is 9.13 Å². The minimum Gasteiger partial charge on any atom is -1.00 e. The van der Waals surface area contributed by atoms with Crippen LogP contribution >= 0.6 is 15.2 Å². The number of hydrogen-bond donors (Lipinski definition) is 6. The molecule has 182 valence electrons. The van der Waals surface area contributed by atoms with Crippen molar-refractivity contribution in [3.05, 3.63) is 0 Å². The second kappa shape index (κ2) is 22.7. The molecule has 0 fully saturated rings. The Morgan fingerprint density at radius 1 is 0.500 bits per heavy atom. The molecule has 0 aliphatic carbocycles. The van der Waals surface area contributed by atoms with Gasteiger partial charge in [-0.2, -0.15) is 0 Å². The van der Waals surface area contributed by atoms with Crippen molar-refractivity contribution in [1.29, 1.82) is 0 Å². The van der Waals surface area contributed by atoms with E-state index in [-0.39, 0.29) is 74.8 Å². The van der Waals surface area contributed by atoms with E-state index in [0.29, 0.717) is 12.8 Å². The van der Waals surface area contributed by atoms with E-state index in [4.69, 9.17) is 30.0 Å². The molecular formula is C18H40N2Na2O8P2. The number of oxime groups is 2. The Hall–Kier alpha value is 1.24. The summed E-state index contributed by atoms with van der Waals surface area (Å²) in [7, 11) is -8.84. The Kier molecular flexibility index (Phi) is 26.8. The van der Waals surface area contributed by atoms with Gasteiger partial charge in [0, 0.05) is 12.8 Å². The van der Waals surface area contributed by atoms with Gasteiger partial charge in [-0.15, -0.1) is 0 Å². The van der Waals surface area contributed by atoms with Crippen LogP contribution in [0.2, 0.25) is 0 Å². The van der Waals surface area contributed by atoms with E-state index in [9.17, 15) is 9.13 Å². The zero-order chi connectivity index (χ0) is 22.9. The third-order valence-corrected chi connectivity index (χ3v) is 6.93. The summed E-state index contributed by atoms with van der Waals surface area (Å²) < 4.78 is 22.0. The van der Waals surface area contributed by atoms with Crippen molar-refractivity contribution < 1.29 is 101 Å². The number of nitrogens with zero attached hydrogens (tertiary/aromatic N) is 2. The van der Waals surface area contributed by atoms with Crippen molar-refractivity contribution in [1.82, 2.24) is 0 Å². The van der Waals surface area contributed by atoms with Crippen molar-refractivity contribution in [2.75, 3.05) is 0 Å². The van der Waals surface area contributed by atoms with Gasteiger partial charge in [0.25, 0.3) is 0 Å². The first kappa shape index (κ1) is 37.8. The molecule has 0 unspecified atom stereocenters. The maximum absolute atomic E-state index is 11.0. The van der Waals surface area contributed by atoms with Gasteiger partial charge in [-0.05, 0) is 12.8 Å². The molecular weight excluding hydrogens is 480 g/mol. The van der Waals surface area contributed by atoms with Crippen LogP contribution < -0.4 is 59.1 Å². The maximum Gasteiger partial charge on any atom is 1.00 e. The molecule has 10 nitrogen and oxygen atoms in total. The van der Waals surface area contributed by atoms with Crippen molar-refractivity contribution >= 4 is 26.1 Å². The van der Waals surface area contributed by atoms with Crippen LogP contribution in [0.5, 0.6) is 0 Å². The summed E-state index contributed by atoms with van der Waals surface area (Å²) in [4.78, 5) is 35.7. The molecule has 0 saturated carbocycles. The van der Waals surface area contributed by atoms with Crippen LogP contribution in [0.3, 0.4) is 0 Å². The molecule has 0 saturated heterocycles. The Labute approximate surface area is 238 Å². The average Bonchev–Trinajstić information content (AvgIpc) is 2.65. The van der Waals surface area contributed by atoms with Gasteiger partial charge in [0.05, 0.1) is 0 Å². The maximum atomic E-state index is 11.0. The van der Waals surface area contributed by atoms with Gasteiger partial charge in [-0.25, -0.2) is 0 Å². The summed E-state index contributed by atoms with van der Waals surface area (Å²) in [5.74, 6) is 0. The zero-order valence-electron chi connectivity index (χ0n) is 21.6. The molecule has 0 aromatic carbocycles. The average molecular weight is 520 g/mol. The number of rotatable bonds is 19. The third kappa shape index (κ3) is 21.8. The zero-order valence-corrected chi connectivity index (χ0v) is 25.4. The molecule has 0 aromatic heterocycles. The van der Waals surface area contributed by atoms with Gasteiger partial charge in [0.2, 0.25) is 0 Å². The largest absolute Gasteiger partial charge is 1.00 e. The summed E-state index contributed by atoms with van der Waals surface area (Å²) in [5.41, 5.74) is -0.875. The quantitative estimate of drug-likeness (QED) is 0.0326. The van der Waals surface area contributed by atoms with Crippen molar-refractivity contribution in [3.8, 4) is 0 Å². The molecule has 0 amide bonds. The van der Waals surface area contributed by atoms with Crippen LogP contribution in [-0.2, 0) is 9.13 Å². The van der Waals surface area contributed by atoms with E-state index in [2.05, 4.69) is 10.3 Å². The predicted molar refractivity (Wildman–Crippen MR) is 119 cm³/mol. The second-order valence-electron chi connectivity index (χ2n) is 7.57. The van der Waals surface area contributed by atoms with E-state index in [1.807, 2.05) is 0 Å². The first-order valence-corrected chi connectivity index (χ1v) is 13.9. The summed E-state index contributed by atoms with van der Waals surface area (Å²) in [6, 6.07) is 0. The first-order chi connectivity index (χ1) is 14.1. The van der Waals surface area contributed by atoms with Crippen molar-refractivity contribution in [2.24, 2.45) is 10.3 Å².